The molecule has 27 heteroatoms. The molecular formula is C79H91N21O6. The van der Waals surface area contributed by atoms with E-state index >= 15 is 0 Å². The average molecular weight is 1430 g/mol. The van der Waals surface area contributed by atoms with Crippen LogP contribution in [0.15, 0.2) is 170 Å². The van der Waals surface area contributed by atoms with Crippen molar-refractivity contribution in [2.45, 2.75) is 97.6 Å². The first-order valence-corrected chi connectivity index (χ1v) is 36.2. The van der Waals surface area contributed by atoms with Gasteiger partial charge in [0.1, 0.15) is 0 Å². The second kappa shape index (κ2) is 33.5. The van der Waals surface area contributed by atoms with Crippen molar-refractivity contribution in [3.63, 3.8) is 0 Å². The molecule has 548 valence electrons. The number of rotatable bonds is 16. The zero-order chi connectivity index (χ0) is 74.5. The van der Waals surface area contributed by atoms with E-state index in [1.807, 2.05) is 150 Å². The molecule has 8 aromatic heterocycles. The van der Waals surface area contributed by atoms with Gasteiger partial charge in [0.25, 0.3) is 23.6 Å². The summed E-state index contributed by atoms with van der Waals surface area (Å²) in [4.78, 5) is 91.5. The fraction of sp³-hybridized carbons (Fsp3) is 0.329. The summed E-state index contributed by atoms with van der Waals surface area (Å²) in [6.45, 7) is 13.4. The van der Waals surface area contributed by atoms with Crippen molar-refractivity contribution in [3.8, 4) is 45.6 Å². The van der Waals surface area contributed by atoms with Crippen molar-refractivity contribution in [1.29, 1.82) is 0 Å². The van der Waals surface area contributed by atoms with E-state index in [4.69, 9.17) is 27.7 Å². The van der Waals surface area contributed by atoms with Crippen LogP contribution in [-0.2, 0) is 9.53 Å². The number of methoxy groups -OCH3 is 1. The van der Waals surface area contributed by atoms with Crippen molar-refractivity contribution in [2.75, 3.05) is 89.5 Å². The summed E-state index contributed by atoms with van der Waals surface area (Å²) in [6.07, 6.45) is 15.6. The number of amides is 5. The first-order chi connectivity index (χ1) is 51.4. The number of piperidine rings is 2. The van der Waals surface area contributed by atoms with Gasteiger partial charge in [0.05, 0.1) is 63.6 Å². The van der Waals surface area contributed by atoms with Crippen LogP contribution in [0, 0.1) is 5.92 Å². The Bertz CT molecular complexity index is 5060. The van der Waals surface area contributed by atoms with E-state index in [0.29, 0.717) is 124 Å². The Morgan fingerprint density at radius 3 is 1.27 bits per heavy atom. The number of carbonyl (C=O) groups is 5. The monoisotopic (exact) mass is 1430 g/mol. The lowest BCUT2D eigenvalue weighted by Crippen LogP contribution is -2.46. The molecule has 0 saturated carbocycles. The van der Waals surface area contributed by atoms with Crippen LogP contribution in [-0.4, -0.2) is 191 Å². The van der Waals surface area contributed by atoms with Crippen molar-refractivity contribution < 1.29 is 28.7 Å². The Balaban J connectivity index is 0.000000133. The van der Waals surface area contributed by atoms with Gasteiger partial charge in [0, 0.05) is 113 Å². The van der Waals surface area contributed by atoms with Crippen LogP contribution in [0.4, 0.5) is 22.7 Å². The molecule has 3 aliphatic rings. The van der Waals surface area contributed by atoms with Gasteiger partial charge < -0.3 is 52.2 Å². The van der Waals surface area contributed by atoms with E-state index in [2.05, 4.69) is 54.2 Å². The molecule has 3 aliphatic heterocycles. The van der Waals surface area contributed by atoms with Crippen molar-refractivity contribution in [2.24, 2.45) is 5.92 Å². The van der Waals surface area contributed by atoms with E-state index < -0.39 is 0 Å². The molecule has 11 heterocycles. The smallest absolute Gasteiger partial charge is 0.255 e. The first kappa shape index (κ1) is 73.6. The number of aromatic nitrogens is 12. The van der Waals surface area contributed by atoms with Crippen LogP contribution >= 0.6 is 0 Å². The topological polar surface area (TPSA) is 336 Å². The minimum atomic E-state index is -0.158. The van der Waals surface area contributed by atoms with E-state index in [0.717, 1.165) is 93.3 Å². The Labute approximate surface area is 614 Å². The molecule has 12 aromatic rings. The number of benzene rings is 4. The second-order valence-electron chi connectivity index (χ2n) is 26.8. The van der Waals surface area contributed by atoms with Crippen molar-refractivity contribution in [1.82, 2.24) is 82.9 Å². The largest absolute Gasteiger partial charge is 0.396 e. The number of ether oxygens (including phenoxy) is 1. The van der Waals surface area contributed by atoms with Crippen LogP contribution in [0.25, 0.3) is 68.1 Å². The summed E-state index contributed by atoms with van der Waals surface area (Å²) in [6, 6.07) is 45.8. The quantitative estimate of drug-likeness (QED) is 0.0698. The molecule has 5 amide bonds. The van der Waals surface area contributed by atoms with Crippen LogP contribution in [0.5, 0.6) is 0 Å². The van der Waals surface area contributed by atoms with Gasteiger partial charge in [-0.15, -0.1) is 20.4 Å². The van der Waals surface area contributed by atoms with Crippen LogP contribution in [0.1, 0.15) is 127 Å². The number of anilines is 4. The van der Waals surface area contributed by atoms with E-state index in [1.165, 1.54) is 6.42 Å². The normalized spacial score (nSPS) is 15.7. The Kier molecular flexibility index (Phi) is 23.3. The zero-order valence-corrected chi connectivity index (χ0v) is 60.8. The third-order valence-corrected chi connectivity index (χ3v) is 19.4. The summed E-state index contributed by atoms with van der Waals surface area (Å²) in [5.41, 5.74) is 34.2. The molecule has 0 aliphatic carbocycles. The molecule has 106 heavy (non-hydrogen) atoms. The van der Waals surface area contributed by atoms with Gasteiger partial charge in [-0.2, -0.15) is 0 Å². The number of carbonyl (C=O) groups excluding carboxylic acids is 5. The highest BCUT2D eigenvalue weighted by Gasteiger charge is 2.33. The van der Waals surface area contributed by atoms with Gasteiger partial charge in [-0.3, -0.25) is 24.0 Å². The number of nitrogens with zero attached hydrogens (tertiary/aromatic N) is 17. The molecular weight excluding hydrogens is 1340 g/mol. The van der Waals surface area contributed by atoms with Crippen molar-refractivity contribution >= 4 is 74.9 Å². The molecule has 0 bridgehead atoms. The van der Waals surface area contributed by atoms with Gasteiger partial charge in [-0.05, 0) is 96.4 Å². The molecule has 15 rings (SSSR count). The summed E-state index contributed by atoms with van der Waals surface area (Å²) in [7, 11) is 3.46. The minimum absolute atomic E-state index is 0.0116. The average Bonchev–Trinajstić information content (AvgIpc) is 1.62. The lowest BCUT2D eigenvalue weighted by molar-refractivity contribution is -0.136. The number of pyridine rings is 4. The predicted octanol–water partition coefficient (Wildman–Crippen LogP) is 10.8. The fourth-order valence-electron chi connectivity index (χ4n) is 13.6. The molecule has 0 spiro atoms. The fourth-order valence-corrected chi connectivity index (χ4v) is 13.6. The summed E-state index contributed by atoms with van der Waals surface area (Å²) in [5.74, 6) is 2.06. The predicted molar refractivity (Wildman–Crippen MR) is 410 cm³/mol. The van der Waals surface area contributed by atoms with Crippen molar-refractivity contribution in [3.05, 3.63) is 193 Å². The summed E-state index contributed by atoms with van der Waals surface area (Å²) < 4.78 is 11.6. The molecule has 4 aromatic carbocycles. The highest BCUT2D eigenvalue weighted by atomic mass is 16.5. The van der Waals surface area contributed by atoms with Gasteiger partial charge >= 0.3 is 0 Å². The Morgan fingerprint density at radius 1 is 0.481 bits per heavy atom. The number of fused-ring (bicyclic) bond motifs is 4. The maximum absolute atomic E-state index is 13.2. The number of hydrogen-bond acceptors (Lipinski definition) is 18. The minimum Gasteiger partial charge on any atom is -0.396 e. The number of likely N-dealkylation sites (tertiary alicyclic amines) is 3. The third-order valence-electron chi connectivity index (χ3n) is 19.4. The lowest BCUT2D eigenvalue weighted by Gasteiger charge is -2.34. The standard InChI is InChI=1S/C23H28N6O2.C19H21N5O2.C19H21N5O.C18H21N5O/c1-3-27(4-2)22(30)17-11-8-12-28(14-17)23(31)18-13-19(24)21-25-20(26-29(21)15-18)16-9-6-5-7-10-16;1-26-12-15-8-5-9-23(15)19(25)14-10-16(20)18-21-17(22-24(18)11-14)13-6-3-2-4-7-13;1-13-7-5-6-10-23(13)19(25)15-11-16(20)18-21-17(22-24(18)12-15)14-8-3-2-4-9-14;1-3-4-10-22(2)18(24)14-11-15(19)17-20-16(21-23(17)12-14)13-8-6-5-7-9-13/h5-7,9-10,13,15,17H,3-4,8,11-12,14,24H2,1-2H3;2-4,6-7,10-11,15H,5,8-9,12,20H2,1H3;2-4,8-9,11-13H,5-7,10,20H2,1H3;5-9,11-12H,3-4,10,19H2,1-2H3/t;15-;;/m.0../s1. The molecule has 3 saturated heterocycles. The Hall–Kier alpha value is -12.1. The molecule has 8 N–H and O–H groups in total. The van der Waals surface area contributed by atoms with Gasteiger partial charge in [0.15, 0.2) is 45.9 Å². The molecule has 3 atom stereocenters. The van der Waals surface area contributed by atoms with Crippen LogP contribution < -0.4 is 22.9 Å². The van der Waals surface area contributed by atoms with Gasteiger partial charge in [-0.1, -0.05) is 135 Å². The van der Waals surface area contributed by atoms with E-state index in [1.54, 1.807) is 91.1 Å². The van der Waals surface area contributed by atoms with Gasteiger partial charge in [0.2, 0.25) is 5.91 Å². The molecule has 27 nitrogen and oxygen atoms in total. The van der Waals surface area contributed by atoms with Crippen LogP contribution in [0.2, 0.25) is 0 Å². The SMILES string of the molecule is CC1CCCCN1C(=O)c1cc(N)c2nc(-c3ccccc3)nn2c1.CCCCN(C)C(=O)c1cc(N)c2nc(-c3ccccc3)nn2c1.CCN(CC)C(=O)C1CCCN(C(=O)c2cc(N)c3nc(-c4ccccc4)nn3c2)C1.COC[C@@H]1CCCN1C(=O)c1cc(N)c2nc(-c3ccccc3)nn2c1. The highest BCUT2D eigenvalue weighted by molar-refractivity contribution is 5.98. The lowest BCUT2D eigenvalue weighted by atomic mass is 9.96. The highest BCUT2D eigenvalue weighted by Crippen LogP contribution is 2.29. The number of unbranched alkanes of at least 4 members (excludes halogenated alkanes) is 1. The number of nitrogens with two attached hydrogens (primary N) is 4. The maximum Gasteiger partial charge on any atom is 0.255 e. The molecule has 2 unspecified atom stereocenters. The van der Waals surface area contributed by atoms with Crippen LogP contribution in [0.3, 0.4) is 0 Å². The molecule has 3 fully saturated rings. The second-order valence-corrected chi connectivity index (χ2v) is 26.8. The van der Waals surface area contributed by atoms with Gasteiger partial charge in [-0.25, -0.2) is 38.0 Å². The Morgan fingerprint density at radius 2 is 0.868 bits per heavy atom. The first-order valence-electron chi connectivity index (χ1n) is 36.2. The van der Waals surface area contributed by atoms with E-state index in [9.17, 15) is 24.0 Å². The number of nitrogen functional groups attached to an aromatic ring is 4. The third kappa shape index (κ3) is 16.6. The van der Waals surface area contributed by atoms with E-state index in [-0.39, 0.29) is 47.5 Å². The maximum atomic E-state index is 13.2. The summed E-state index contributed by atoms with van der Waals surface area (Å²) >= 11 is 0. The summed E-state index contributed by atoms with van der Waals surface area (Å²) in [5, 5.41) is 18.0. The zero-order valence-electron chi connectivity index (χ0n) is 60.8. The number of hydrogen-bond donors (Lipinski definition) is 4. The molecule has 0 radical (unpaired) electrons.